The number of ether oxygens (including phenoxy) is 1. The number of carbonyl (C=O) groups excluding carboxylic acids is 1. The molecule has 4 nitrogen and oxygen atoms in total. The number of hydrogen-bond donors (Lipinski definition) is 1. The van der Waals surface area contributed by atoms with E-state index in [0.717, 1.165) is 25.1 Å². The topological polar surface area (TPSA) is 41.6 Å². The van der Waals surface area contributed by atoms with Crippen molar-refractivity contribution in [2.45, 2.75) is 19.4 Å². The molecule has 3 rings (SSSR count). The van der Waals surface area contributed by atoms with Gasteiger partial charge >= 0.3 is 0 Å². The summed E-state index contributed by atoms with van der Waals surface area (Å²) in [6.45, 7) is 5.79. The number of nitrogens with one attached hydrogen (secondary N) is 1. The van der Waals surface area contributed by atoms with E-state index in [1.165, 1.54) is 0 Å². The minimum atomic E-state index is -0.238. The molecular weight excluding hydrogens is 252 g/mol. The average Bonchev–Trinajstić information content (AvgIpc) is 2.96. The molecule has 0 saturated carbocycles. The molecule has 1 aromatic rings. The van der Waals surface area contributed by atoms with Gasteiger partial charge in [0.15, 0.2) is 0 Å². The van der Waals surface area contributed by atoms with Crippen molar-refractivity contribution in [3.63, 3.8) is 0 Å². The first kappa shape index (κ1) is 13.6. The van der Waals surface area contributed by atoms with Crippen molar-refractivity contribution < 1.29 is 9.53 Å². The van der Waals surface area contributed by atoms with Crippen LogP contribution < -0.4 is 5.32 Å². The summed E-state index contributed by atoms with van der Waals surface area (Å²) >= 11 is 0. The smallest absolute Gasteiger partial charge is 0.230 e. The van der Waals surface area contributed by atoms with Crippen LogP contribution in [0.4, 0.5) is 0 Å². The molecule has 1 N–H and O–H groups in total. The summed E-state index contributed by atoms with van der Waals surface area (Å²) in [5.41, 5.74) is 0.915. The highest BCUT2D eigenvalue weighted by Gasteiger charge is 2.40. The highest BCUT2D eigenvalue weighted by Crippen LogP contribution is 2.30. The first-order chi connectivity index (χ1) is 9.69. The maximum Gasteiger partial charge on any atom is 0.230 e. The molecule has 2 heterocycles. The Balaban J connectivity index is 1.70. The van der Waals surface area contributed by atoms with Crippen LogP contribution in [0.1, 0.15) is 25.0 Å². The van der Waals surface area contributed by atoms with Crippen molar-refractivity contribution in [3.05, 3.63) is 35.9 Å². The van der Waals surface area contributed by atoms with Crippen molar-refractivity contribution in [1.82, 2.24) is 10.2 Å². The summed E-state index contributed by atoms with van der Waals surface area (Å²) in [5.74, 6) is 0.270. The standard InChI is InChI=1S/C16H22N2O2/c1-16(7-8-17-12-16)15(19)18-9-10-20-14(11-18)13-5-3-2-4-6-13/h2-6,14,17H,7-12H2,1H3. The molecule has 0 aromatic heterocycles. The largest absolute Gasteiger partial charge is 0.370 e. The number of nitrogens with zero attached hydrogens (tertiary/aromatic N) is 1. The molecule has 2 fully saturated rings. The molecule has 2 aliphatic heterocycles. The third-order valence-corrected chi connectivity index (χ3v) is 4.41. The molecule has 2 saturated heterocycles. The lowest BCUT2D eigenvalue weighted by Crippen LogP contribution is -2.49. The van der Waals surface area contributed by atoms with Gasteiger partial charge in [-0.2, -0.15) is 0 Å². The second-order valence-corrected chi connectivity index (χ2v) is 6.01. The summed E-state index contributed by atoms with van der Waals surface area (Å²) in [5, 5.41) is 3.30. The summed E-state index contributed by atoms with van der Waals surface area (Å²) < 4.78 is 5.83. The Bertz CT molecular complexity index is 469. The fourth-order valence-electron chi connectivity index (χ4n) is 3.08. The number of morpholine rings is 1. The third-order valence-electron chi connectivity index (χ3n) is 4.41. The van der Waals surface area contributed by atoms with E-state index in [0.29, 0.717) is 19.7 Å². The van der Waals surface area contributed by atoms with Gasteiger partial charge in [-0.1, -0.05) is 30.3 Å². The van der Waals surface area contributed by atoms with Gasteiger partial charge < -0.3 is 15.0 Å². The van der Waals surface area contributed by atoms with Crippen molar-refractivity contribution in [2.24, 2.45) is 5.41 Å². The monoisotopic (exact) mass is 274 g/mol. The molecule has 108 valence electrons. The average molecular weight is 274 g/mol. The molecule has 0 bridgehead atoms. The van der Waals surface area contributed by atoms with Crippen LogP contribution in [-0.2, 0) is 9.53 Å². The third kappa shape index (κ3) is 2.58. The molecule has 2 aliphatic rings. The molecule has 1 amide bonds. The summed E-state index contributed by atoms with van der Waals surface area (Å²) in [4.78, 5) is 14.7. The van der Waals surface area contributed by atoms with Gasteiger partial charge in [0.25, 0.3) is 0 Å². The zero-order valence-electron chi connectivity index (χ0n) is 12.0. The second-order valence-electron chi connectivity index (χ2n) is 6.01. The van der Waals surface area contributed by atoms with Gasteiger partial charge in [0, 0.05) is 13.1 Å². The summed E-state index contributed by atoms with van der Waals surface area (Å²) in [6.07, 6.45) is 0.936. The Morgan fingerprint density at radius 2 is 2.20 bits per heavy atom. The number of carbonyl (C=O) groups is 1. The van der Waals surface area contributed by atoms with Crippen LogP contribution in [0, 0.1) is 5.41 Å². The first-order valence-electron chi connectivity index (χ1n) is 7.36. The minimum Gasteiger partial charge on any atom is -0.370 e. The fourth-order valence-corrected chi connectivity index (χ4v) is 3.08. The van der Waals surface area contributed by atoms with Crippen molar-refractivity contribution in [3.8, 4) is 0 Å². The van der Waals surface area contributed by atoms with Crippen LogP contribution in [0.3, 0.4) is 0 Å². The Morgan fingerprint density at radius 1 is 1.40 bits per heavy atom. The Kier molecular flexibility index (Phi) is 3.76. The number of amides is 1. The summed E-state index contributed by atoms with van der Waals surface area (Å²) in [6, 6.07) is 10.2. The predicted octanol–water partition coefficient (Wildman–Crippen LogP) is 1.59. The molecule has 2 atom stereocenters. The molecule has 0 aliphatic carbocycles. The van der Waals surface area contributed by atoms with Crippen LogP contribution in [0.2, 0.25) is 0 Å². The van der Waals surface area contributed by atoms with Crippen LogP contribution >= 0.6 is 0 Å². The molecule has 0 radical (unpaired) electrons. The maximum absolute atomic E-state index is 12.7. The van der Waals surface area contributed by atoms with Gasteiger partial charge in [0.1, 0.15) is 6.10 Å². The first-order valence-corrected chi connectivity index (χ1v) is 7.36. The Morgan fingerprint density at radius 3 is 2.90 bits per heavy atom. The molecule has 1 aromatic carbocycles. The van der Waals surface area contributed by atoms with Gasteiger partial charge in [0.2, 0.25) is 5.91 Å². The molecular formula is C16H22N2O2. The molecule has 4 heteroatoms. The highest BCUT2D eigenvalue weighted by atomic mass is 16.5. The van der Waals surface area contributed by atoms with Crippen molar-refractivity contribution >= 4 is 5.91 Å². The lowest BCUT2D eigenvalue weighted by molar-refractivity contribution is -0.148. The van der Waals surface area contributed by atoms with E-state index in [9.17, 15) is 4.79 Å². The molecule has 2 unspecified atom stereocenters. The zero-order valence-corrected chi connectivity index (χ0v) is 12.0. The number of benzene rings is 1. The van der Waals surface area contributed by atoms with E-state index >= 15 is 0 Å². The highest BCUT2D eigenvalue weighted by molar-refractivity contribution is 5.83. The van der Waals surface area contributed by atoms with Gasteiger partial charge in [-0.15, -0.1) is 0 Å². The van der Waals surface area contributed by atoms with Gasteiger partial charge in [-0.25, -0.2) is 0 Å². The van der Waals surface area contributed by atoms with E-state index in [1.807, 2.05) is 23.1 Å². The Hall–Kier alpha value is -1.39. The predicted molar refractivity (Wildman–Crippen MR) is 77.3 cm³/mol. The van der Waals surface area contributed by atoms with E-state index in [4.69, 9.17) is 4.74 Å². The quantitative estimate of drug-likeness (QED) is 0.890. The number of rotatable bonds is 2. The van der Waals surface area contributed by atoms with E-state index in [-0.39, 0.29) is 17.4 Å². The van der Waals surface area contributed by atoms with E-state index in [2.05, 4.69) is 24.4 Å². The second kappa shape index (κ2) is 5.54. The zero-order chi connectivity index (χ0) is 14.0. The fraction of sp³-hybridized carbons (Fsp3) is 0.562. The number of hydrogen-bond acceptors (Lipinski definition) is 3. The van der Waals surface area contributed by atoms with Gasteiger partial charge in [-0.05, 0) is 25.5 Å². The van der Waals surface area contributed by atoms with Gasteiger partial charge in [0.05, 0.1) is 18.6 Å². The van der Waals surface area contributed by atoms with E-state index in [1.54, 1.807) is 0 Å². The lowest BCUT2D eigenvalue weighted by atomic mass is 9.87. The van der Waals surface area contributed by atoms with Crippen LogP contribution in [0.25, 0.3) is 0 Å². The Labute approximate surface area is 120 Å². The summed E-state index contributed by atoms with van der Waals surface area (Å²) in [7, 11) is 0. The van der Waals surface area contributed by atoms with Crippen LogP contribution in [0.15, 0.2) is 30.3 Å². The normalized spacial score (nSPS) is 30.4. The van der Waals surface area contributed by atoms with E-state index < -0.39 is 0 Å². The molecule has 0 spiro atoms. The maximum atomic E-state index is 12.7. The van der Waals surface area contributed by atoms with Crippen molar-refractivity contribution in [2.75, 3.05) is 32.8 Å². The van der Waals surface area contributed by atoms with Gasteiger partial charge in [-0.3, -0.25) is 4.79 Å². The SMILES string of the molecule is CC1(C(=O)N2CCOC(c3ccccc3)C2)CCNC1. The minimum absolute atomic E-state index is 0.00635. The van der Waals surface area contributed by atoms with Crippen LogP contribution in [-0.4, -0.2) is 43.6 Å². The molecule has 20 heavy (non-hydrogen) atoms. The van der Waals surface area contributed by atoms with Crippen LogP contribution in [0.5, 0.6) is 0 Å². The van der Waals surface area contributed by atoms with Crippen molar-refractivity contribution in [1.29, 1.82) is 0 Å². The lowest BCUT2D eigenvalue weighted by Gasteiger charge is -2.37.